The fraction of sp³-hybridized carbons (Fsp3) is 0.105. The van der Waals surface area contributed by atoms with E-state index < -0.39 is 0 Å². The highest BCUT2D eigenvalue weighted by Gasteiger charge is 2.09. The Labute approximate surface area is 154 Å². The Kier molecular flexibility index (Phi) is 6.33. The van der Waals surface area contributed by atoms with Crippen molar-refractivity contribution in [2.24, 2.45) is 0 Å². The molecular formula is C19H14BrN3O2. The van der Waals surface area contributed by atoms with Crippen molar-refractivity contribution in [1.29, 1.82) is 10.5 Å². The number of nitrogens with one attached hydrogen (secondary N) is 1. The van der Waals surface area contributed by atoms with Crippen molar-refractivity contribution in [2.75, 3.05) is 11.9 Å². The summed E-state index contributed by atoms with van der Waals surface area (Å²) in [5.74, 6) is 0.110. The van der Waals surface area contributed by atoms with Crippen LogP contribution in [0.15, 0.2) is 52.5 Å². The normalized spacial score (nSPS) is 9.44. The zero-order valence-electron chi connectivity index (χ0n) is 13.4. The number of nitrogens with zero attached hydrogens (tertiary/aromatic N) is 2. The van der Waals surface area contributed by atoms with Crippen LogP contribution >= 0.6 is 15.9 Å². The van der Waals surface area contributed by atoms with Crippen molar-refractivity contribution in [3.63, 3.8) is 0 Å². The number of allylic oxidation sites excluding steroid dienone is 1. The second-order valence-electron chi connectivity index (χ2n) is 5.12. The number of ether oxygens (including phenoxy) is 1. The fourth-order valence-corrected chi connectivity index (χ4v) is 2.43. The highest BCUT2D eigenvalue weighted by atomic mass is 79.9. The summed E-state index contributed by atoms with van der Waals surface area (Å²) >= 11 is 3.33. The summed E-state index contributed by atoms with van der Waals surface area (Å²) in [7, 11) is 0. The third kappa shape index (κ3) is 5.20. The Morgan fingerprint density at radius 2 is 1.96 bits per heavy atom. The molecule has 1 amide bonds. The molecule has 0 aliphatic heterocycles. The quantitative estimate of drug-likeness (QED) is 0.768. The highest BCUT2D eigenvalue weighted by Crippen LogP contribution is 2.25. The Hall–Kier alpha value is -3.09. The van der Waals surface area contributed by atoms with Crippen LogP contribution in [0.5, 0.6) is 5.75 Å². The molecule has 0 bridgehead atoms. The predicted octanol–water partition coefficient (Wildman–Crippen LogP) is 4.21. The van der Waals surface area contributed by atoms with Crippen LogP contribution < -0.4 is 10.1 Å². The first-order valence-corrected chi connectivity index (χ1v) is 8.12. The molecule has 1 N–H and O–H groups in total. The molecule has 2 aromatic rings. The van der Waals surface area contributed by atoms with E-state index in [9.17, 15) is 4.79 Å². The highest BCUT2D eigenvalue weighted by molar-refractivity contribution is 9.10. The van der Waals surface area contributed by atoms with Gasteiger partial charge in [-0.3, -0.25) is 4.79 Å². The molecule has 0 unspecified atom stereocenters. The summed E-state index contributed by atoms with van der Waals surface area (Å²) in [6, 6.07) is 16.2. The van der Waals surface area contributed by atoms with Gasteiger partial charge < -0.3 is 10.1 Å². The molecule has 0 aliphatic rings. The van der Waals surface area contributed by atoms with Crippen molar-refractivity contribution >= 4 is 33.6 Å². The van der Waals surface area contributed by atoms with Crippen molar-refractivity contribution in [3.05, 3.63) is 63.6 Å². The fourth-order valence-electron chi connectivity index (χ4n) is 2.05. The molecule has 2 aromatic carbocycles. The maximum Gasteiger partial charge on any atom is 0.262 e. The molecule has 0 heterocycles. The van der Waals surface area contributed by atoms with Crippen LogP contribution in [0.3, 0.4) is 0 Å². The van der Waals surface area contributed by atoms with Gasteiger partial charge in [-0.2, -0.15) is 10.5 Å². The van der Waals surface area contributed by atoms with E-state index in [-0.39, 0.29) is 18.1 Å². The number of hydrogen-bond donors (Lipinski definition) is 1. The third-order valence-electron chi connectivity index (χ3n) is 3.29. The summed E-state index contributed by atoms with van der Waals surface area (Å²) in [5.41, 5.74) is 2.17. The van der Waals surface area contributed by atoms with Gasteiger partial charge in [-0.1, -0.05) is 34.1 Å². The maximum atomic E-state index is 12.1. The van der Waals surface area contributed by atoms with Crippen LogP contribution in [-0.2, 0) is 4.79 Å². The average Bonchev–Trinajstić information content (AvgIpc) is 2.61. The first-order valence-electron chi connectivity index (χ1n) is 7.33. The van der Waals surface area contributed by atoms with Crippen LogP contribution in [0, 0.1) is 29.6 Å². The Bertz CT molecular complexity index is 892. The van der Waals surface area contributed by atoms with Gasteiger partial charge in [0, 0.05) is 15.7 Å². The number of carbonyl (C=O) groups is 1. The topological polar surface area (TPSA) is 85.9 Å². The second kappa shape index (κ2) is 8.68. The summed E-state index contributed by atoms with van der Waals surface area (Å²) in [6.45, 7) is 1.71. The largest absolute Gasteiger partial charge is 0.483 e. The SMILES string of the molecule is Cc1ccccc1NC(=O)COc1ccc(Br)cc1C=C(C#N)C#N. The molecule has 0 radical (unpaired) electrons. The summed E-state index contributed by atoms with van der Waals surface area (Å²) in [6.07, 6.45) is 1.42. The molecule has 0 atom stereocenters. The van der Waals surface area contributed by atoms with Gasteiger partial charge in [-0.25, -0.2) is 0 Å². The lowest BCUT2D eigenvalue weighted by molar-refractivity contribution is -0.118. The minimum atomic E-state index is -0.298. The minimum Gasteiger partial charge on any atom is -0.483 e. The van der Waals surface area contributed by atoms with Gasteiger partial charge in [0.1, 0.15) is 23.5 Å². The van der Waals surface area contributed by atoms with E-state index in [1.54, 1.807) is 30.3 Å². The van der Waals surface area contributed by atoms with Crippen LogP contribution in [0.2, 0.25) is 0 Å². The molecule has 25 heavy (non-hydrogen) atoms. The van der Waals surface area contributed by atoms with E-state index in [1.807, 2.05) is 31.2 Å². The lowest BCUT2D eigenvalue weighted by atomic mass is 10.1. The molecule has 0 spiro atoms. The van der Waals surface area contributed by atoms with Gasteiger partial charge in [0.05, 0.1) is 0 Å². The first kappa shape index (κ1) is 18.3. The molecule has 5 nitrogen and oxygen atoms in total. The zero-order chi connectivity index (χ0) is 18.2. The number of nitriles is 2. The van der Waals surface area contributed by atoms with Crippen molar-refractivity contribution in [1.82, 2.24) is 0 Å². The zero-order valence-corrected chi connectivity index (χ0v) is 15.0. The predicted molar refractivity (Wildman–Crippen MR) is 98.6 cm³/mol. The smallest absolute Gasteiger partial charge is 0.262 e. The molecule has 124 valence electrons. The molecule has 0 saturated carbocycles. The number of carbonyl (C=O) groups excluding carboxylic acids is 1. The van der Waals surface area contributed by atoms with Gasteiger partial charge in [-0.15, -0.1) is 0 Å². The molecule has 0 aromatic heterocycles. The number of benzene rings is 2. The maximum absolute atomic E-state index is 12.1. The Morgan fingerprint density at radius 1 is 1.24 bits per heavy atom. The van der Waals surface area contributed by atoms with Crippen LogP contribution in [0.1, 0.15) is 11.1 Å². The summed E-state index contributed by atoms with van der Waals surface area (Å²) in [4.78, 5) is 12.1. The monoisotopic (exact) mass is 395 g/mol. The van der Waals surface area contributed by atoms with E-state index >= 15 is 0 Å². The standard InChI is InChI=1S/C19H14BrN3O2/c1-13-4-2-3-5-17(13)23-19(24)12-25-18-7-6-16(20)9-15(18)8-14(10-21)11-22/h2-9H,12H2,1H3,(H,23,24). The van der Waals surface area contributed by atoms with Crippen molar-refractivity contribution in [2.45, 2.75) is 6.92 Å². The minimum absolute atomic E-state index is 0.0488. The van der Waals surface area contributed by atoms with Crippen LogP contribution in [0.4, 0.5) is 5.69 Å². The van der Waals surface area contributed by atoms with E-state index in [4.69, 9.17) is 15.3 Å². The number of hydrogen-bond acceptors (Lipinski definition) is 4. The van der Waals surface area contributed by atoms with E-state index in [2.05, 4.69) is 21.2 Å². The number of aryl methyl sites for hydroxylation is 1. The number of para-hydroxylation sites is 1. The van der Waals surface area contributed by atoms with E-state index in [1.165, 1.54) is 6.08 Å². The molecule has 6 heteroatoms. The average molecular weight is 396 g/mol. The third-order valence-corrected chi connectivity index (χ3v) is 3.78. The van der Waals surface area contributed by atoms with E-state index in [0.717, 1.165) is 15.7 Å². The van der Waals surface area contributed by atoms with Gasteiger partial charge in [0.15, 0.2) is 6.61 Å². The van der Waals surface area contributed by atoms with Gasteiger partial charge in [-0.05, 0) is 42.8 Å². The molecular weight excluding hydrogens is 382 g/mol. The molecule has 0 fully saturated rings. The first-order chi connectivity index (χ1) is 12.0. The Balaban J connectivity index is 2.12. The number of rotatable bonds is 5. The summed E-state index contributed by atoms with van der Waals surface area (Å²) < 4.78 is 6.33. The van der Waals surface area contributed by atoms with Crippen molar-refractivity contribution in [3.8, 4) is 17.9 Å². The molecule has 2 rings (SSSR count). The van der Waals surface area contributed by atoms with Gasteiger partial charge in [0.2, 0.25) is 0 Å². The van der Waals surface area contributed by atoms with Gasteiger partial charge >= 0.3 is 0 Å². The molecule has 0 aliphatic carbocycles. The van der Waals surface area contributed by atoms with Crippen LogP contribution in [0.25, 0.3) is 6.08 Å². The van der Waals surface area contributed by atoms with Crippen molar-refractivity contribution < 1.29 is 9.53 Å². The second-order valence-corrected chi connectivity index (χ2v) is 6.03. The number of anilines is 1. The summed E-state index contributed by atoms with van der Waals surface area (Å²) in [5, 5.41) is 20.6. The van der Waals surface area contributed by atoms with E-state index in [0.29, 0.717) is 11.3 Å². The van der Waals surface area contributed by atoms with Gasteiger partial charge in [0.25, 0.3) is 5.91 Å². The number of amides is 1. The van der Waals surface area contributed by atoms with Crippen LogP contribution in [-0.4, -0.2) is 12.5 Å². The lowest BCUT2D eigenvalue weighted by Gasteiger charge is -2.11. The molecule has 0 saturated heterocycles. The number of halogens is 1. The lowest BCUT2D eigenvalue weighted by Crippen LogP contribution is -2.20. The Morgan fingerprint density at radius 3 is 2.64 bits per heavy atom.